The Labute approximate surface area is 118 Å². The number of aromatic hydroxyl groups is 1. The summed E-state index contributed by atoms with van der Waals surface area (Å²) in [5.41, 5.74) is -0.711. The monoisotopic (exact) mass is 296 g/mol. The minimum Gasteiger partial charge on any atom is -0.507 e. The number of benzene rings is 2. The molecule has 0 amide bonds. The Balaban J connectivity index is 2.70. The second-order valence-electron chi connectivity index (χ2n) is 4.27. The van der Waals surface area contributed by atoms with Crippen LogP contribution in [0.5, 0.6) is 11.5 Å². The third kappa shape index (κ3) is 2.84. The second-order valence-corrected chi connectivity index (χ2v) is 4.27. The van der Waals surface area contributed by atoms with Gasteiger partial charge in [-0.25, -0.2) is 0 Å². The highest BCUT2D eigenvalue weighted by Crippen LogP contribution is 2.40. The third-order valence-electron chi connectivity index (χ3n) is 3.01. The summed E-state index contributed by atoms with van der Waals surface area (Å²) in [5, 5.41) is 9.99. The van der Waals surface area contributed by atoms with Crippen molar-refractivity contribution in [3.63, 3.8) is 0 Å². The van der Waals surface area contributed by atoms with Gasteiger partial charge in [0.1, 0.15) is 11.5 Å². The van der Waals surface area contributed by atoms with E-state index in [1.165, 1.54) is 31.4 Å². The van der Waals surface area contributed by atoms with Crippen molar-refractivity contribution in [3.8, 4) is 22.6 Å². The Morgan fingerprint density at radius 2 is 1.86 bits per heavy atom. The van der Waals surface area contributed by atoms with Gasteiger partial charge >= 0.3 is 6.18 Å². The van der Waals surface area contributed by atoms with E-state index in [4.69, 9.17) is 4.74 Å². The fourth-order valence-corrected chi connectivity index (χ4v) is 1.97. The van der Waals surface area contributed by atoms with E-state index in [9.17, 15) is 23.1 Å². The van der Waals surface area contributed by atoms with Crippen molar-refractivity contribution in [2.24, 2.45) is 0 Å². The van der Waals surface area contributed by atoms with E-state index in [0.717, 1.165) is 12.1 Å². The van der Waals surface area contributed by atoms with Crippen LogP contribution in [0.2, 0.25) is 0 Å². The van der Waals surface area contributed by atoms with Crippen LogP contribution in [0.25, 0.3) is 11.1 Å². The number of halogens is 3. The second kappa shape index (κ2) is 5.47. The van der Waals surface area contributed by atoms with Crippen molar-refractivity contribution >= 4 is 6.29 Å². The lowest BCUT2D eigenvalue weighted by molar-refractivity contribution is -0.137. The number of hydrogen-bond acceptors (Lipinski definition) is 3. The smallest absolute Gasteiger partial charge is 0.416 e. The normalized spacial score (nSPS) is 11.2. The molecule has 3 nitrogen and oxygen atoms in total. The maximum atomic E-state index is 12.8. The van der Waals surface area contributed by atoms with E-state index in [1.54, 1.807) is 0 Å². The zero-order chi connectivity index (χ0) is 15.6. The van der Waals surface area contributed by atoms with Gasteiger partial charge in [0.15, 0.2) is 6.29 Å². The summed E-state index contributed by atoms with van der Waals surface area (Å²) in [7, 11) is 1.31. The summed E-state index contributed by atoms with van der Waals surface area (Å²) in [6, 6.07) is 7.20. The molecule has 0 saturated heterocycles. The van der Waals surface area contributed by atoms with Gasteiger partial charge < -0.3 is 9.84 Å². The number of phenols is 1. The highest BCUT2D eigenvalue weighted by molar-refractivity contribution is 5.87. The zero-order valence-corrected chi connectivity index (χ0v) is 10.9. The molecule has 2 aromatic carbocycles. The summed E-state index contributed by atoms with van der Waals surface area (Å²) in [5.74, 6) is -0.216. The molecule has 21 heavy (non-hydrogen) atoms. The standard InChI is InChI=1S/C15H11F3O3/c1-21-13-6-5-10(15(16,17)18)7-12(13)11-4-2-3-9(8-19)14(11)20/h2-8,20H,1H3. The maximum absolute atomic E-state index is 12.8. The molecule has 0 heterocycles. The van der Waals surface area contributed by atoms with E-state index in [-0.39, 0.29) is 28.2 Å². The summed E-state index contributed by atoms with van der Waals surface area (Å²) < 4.78 is 43.4. The number of para-hydroxylation sites is 1. The molecular formula is C15H11F3O3. The molecule has 0 aliphatic heterocycles. The van der Waals surface area contributed by atoms with Crippen LogP contribution in [0, 0.1) is 0 Å². The first-order valence-electron chi connectivity index (χ1n) is 5.91. The van der Waals surface area contributed by atoms with Gasteiger partial charge in [0.05, 0.1) is 18.2 Å². The molecule has 0 aliphatic rings. The largest absolute Gasteiger partial charge is 0.507 e. The third-order valence-corrected chi connectivity index (χ3v) is 3.01. The lowest BCUT2D eigenvalue weighted by Crippen LogP contribution is -2.05. The van der Waals surface area contributed by atoms with Crippen molar-refractivity contribution in [1.82, 2.24) is 0 Å². The number of carbonyl (C=O) groups excluding carboxylic acids is 1. The highest BCUT2D eigenvalue weighted by atomic mass is 19.4. The first-order chi connectivity index (χ1) is 9.88. The predicted octanol–water partition coefficient (Wildman–Crippen LogP) is 3.90. The van der Waals surface area contributed by atoms with Crippen molar-refractivity contribution in [3.05, 3.63) is 47.5 Å². The molecular weight excluding hydrogens is 285 g/mol. The van der Waals surface area contributed by atoms with Gasteiger partial charge in [-0.1, -0.05) is 12.1 Å². The molecule has 0 aliphatic carbocycles. The van der Waals surface area contributed by atoms with Crippen LogP contribution in [0.4, 0.5) is 13.2 Å². The molecule has 0 bridgehead atoms. The highest BCUT2D eigenvalue weighted by Gasteiger charge is 2.31. The lowest BCUT2D eigenvalue weighted by atomic mass is 9.98. The number of ether oxygens (including phenoxy) is 1. The maximum Gasteiger partial charge on any atom is 0.416 e. The quantitative estimate of drug-likeness (QED) is 0.874. The topological polar surface area (TPSA) is 46.5 Å². The van der Waals surface area contributed by atoms with Crippen LogP contribution in [-0.2, 0) is 6.18 Å². The van der Waals surface area contributed by atoms with Crippen LogP contribution in [-0.4, -0.2) is 18.5 Å². The van der Waals surface area contributed by atoms with Crippen molar-refractivity contribution in [1.29, 1.82) is 0 Å². The van der Waals surface area contributed by atoms with Gasteiger partial charge in [-0.3, -0.25) is 4.79 Å². The zero-order valence-electron chi connectivity index (χ0n) is 10.9. The Hall–Kier alpha value is -2.50. The summed E-state index contributed by atoms with van der Waals surface area (Å²) >= 11 is 0. The van der Waals surface area contributed by atoms with Crippen LogP contribution >= 0.6 is 0 Å². The van der Waals surface area contributed by atoms with Gasteiger partial charge in [-0.05, 0) is 24.3 Å². The van der Waals surface area contributed by atoms with Gasteiger partial charge in [-0.2, -0.15) is 13.2 Å². The van der Waals surface area contributed by atoms with Crippen molar-refractivity contribution in [2.75, 3.05) is 7.11 Å². The Bertz CT molecular complexity index is 678. The summed E-state index contributed by atoms with van der Waals surface area (Å²) in [6.07, 6.45) is -4.09. The summed E-state index contributed by atoms with van der Waals surface area (Å²) in [6.45, 7) is 0. The molecule has 0 fully saturated rings. The first-order valence-corrected chi connectivity index (χ1v) is 5.91. The van der Waals surface area contributed by atoms with E-state index >= 15 is 0 Å². The van der Waals surface area contributed by atoms with E-state index < -0.39 is 11.7 Å². The number of phenolic OH excluding ortho intramolecular Hbond substituents is 1. The van der Waals surface area contributed by atoms with Gasteiger partial charge in [-0.15, -0.1) is 0 Å². The number of carbonyl (C=O) groups is 1. The van der Waals surface area contributed by atoms with E-state index in [0.29, 0.717) is 6.29 Å². The predicted molar refractivity (Wildman–Crippen MR) is 70.5 cm³/mol. The molecule has 0 saturated carbocycles. The van der Waals surface area contributed by atoms with Crippen molar-refractivity contribution in [2.45, 2.75) is 6.18 Å². The number of alkyl halides is 3. The van der Waals surface area contributed by atoms with Gasteiger partial charge in [0.2, 0.25) is 0 Å². The van der Waals surface area contributed by atoms with Gasteiger partial charge in [0.25, 0.3) is 0 Å². The lowest BCUT2D eigenvalue weighted by Gasteiger charge is -2.14. The van der Waals surface area contributed by atoms with E-state index in [1.807, 2.05) is 0 Å². The van der Waals surface area contributed by atoms with Gasteiger partial charge in [0, 0.05) is 11.1 Å². The molecule has 2 aromatic rings. The molecule has 0 radical (unpaired) electrons. The average Bonchev–Trinajstić information content (AvgIpc) is 2.46. The minimum absolute atomic E-state index is 0.00744. The fourth-order valence-electron chi connectivity index (χ4n) is 1.97. The molecule has 0 spiro atoms. The molecule has 0 unspecified atom stereocenters. The van der Waals surface area contributed by atoms with Crippen LogP contribution < -0.4 is 4.74 Å². The van der Waals surface area contributed by atoms with Crippen molar-refractivity contribution < 1.29 is 27.8 Å². The fraction of sp³-hybridized carbons (Fsp3) is 0.133. The number of aldehydes is 1. The summed E-state index contributed by atoms with van der Waals surface area (Å²) in [4.78, 5) is 10.8. The molecule has 6 heteroatoms. The molecule has 0 aromatic heterocycles. The number of rotatable bonds is 3. The molecule has 2 rings (SSSR count). The van der Waals surface area contributed by atoms with Crippen LogP contribution in [0.15, 0.2) is 36.4 Å². The van der Waals surface area contributed by atoms with Crippen LogP contribution in [0.1, 0.15) is 15.9 Å². The average molecular weight is 296 g/mol. The SMILES string of the molecule is COc1ccc(C(F)(F)F)cc1-c1cccc(C=O)c1O. The Kier molecular flexibility index (Phi) is 3.88. The first kappa shape index (κ1) is 14.9. The Morgan fingerprint density at radius 1 is 1.14 bits per heavy atom. The minimum atomic E-state index is -4.51. The van der Waals surface area contributed by atoms with E-state index in [2.05, 4.69) is 0 Å². The molecule has 110 valence electrons. The Morgan fingerprint density at radius 3 is 2.43 bits per heavy atom. The molecule has 0 atom stereocenters. The molecule has 1 N–H and O–H groups in total. The number of methoxy groups -OCH3 is 1. The number of hydrogen-bond donors (Lipinski definition) is 1. The van der Waals surface area contributed by atoms with Crippen LogP contribution in [0.3, 0.4) is 0 Å².